The molecule has 0 radical (unpaired) electrons. The number of nitro benzene ring substituents is 1. The van der Waals surface area contributed by atoms with E-state index in [1.54, 1.807) is 30.5 Å². The van der Waals surface area contributed by atoms with Crippen LogP contribution in [0.2, 0.25) is 0 Å². The zero-order chi connectivity index (χ0) is 28.1. The van der Waals surface area contributed by atoms with Crippen molar-refractivity contribution in [2.24, 2.45) is 5.10 Å². The van der Waals surface area contributed by atoms with Gasteiger partial charge in [0.1, 0.15) is 12.4 Å². The summed E-state index contributed by atoms with van der Waals surface area (Å²) in [6, 6.07) is 15.2. The fourth-order valence-corrected chi connectivity index (χ4v) is 4.77. The molecule has 4 rings (SSSR count). The zero-order valence-electron chi connectivity index (χ0n) is 21.6. The molecule has 1 aromatic heterocycles. The molecule has 0 aliphatic rings. The van der Waals surface area contributed by atoms with Crippen LogP contribution in [0.1, 0.15) is 50.1 Å². The van der Waals surface area contributed by atoms with Gasteiger partial charge in [-0.05, 0) is 82.9 Å². The van der Waals surface area contributed by atoms with Gasteiger partial charge in [0.25, 0.3) is 11.2 Å². The van der Waals surface area contributed by atoms with E-state index in [2.05, 4.69) is 37.0 Å². The average Bonchev–Trinajstić information content (AvgIpc) is 2.92. The summed E-state index contributed by atoms with van der Waals surface area (Å²) in [5.41, 5.74) is 1.85. The van der Waals surface area contributed by atoms with Crippen molar-refractivity contribution in [2.45, 2.75) is 39.7 Å². The molecule has 4 aromatic rings. The number of halogens is 2. The minimum Gasteiger partial charge on any atom is -0.490 e. The van der Waals surface area contributed by atoms with Gasteiger partial charge < -0.3 is 9.47 Å². The summed E-state index contributed by atoms with van der Waals surface area (Å²) in [4.78, 5) is 28.6. The third kappa shape index (κ3) is 6.54. The number of hydrogen-bond donors (Lipinski definition) is 0. The SMILES string of the molecule is CCOc1cc(C=Nn2c([C@@H](C)CC)nc3ccc(Br)cc3c2=O)cc(Br)c1OCc1ccc([N+](=O)[O-])cc1. The van der Waals surface area contributed by atoms with E-state index in [-0.39, 0.29) is 23.8 Å². The third-order valence-corrected chi connectivity index (χ3v) is 7.15. The molecule has 1 heterocycles. The van der Waals surface area contributed by atoms with Crippen LogP contribution >= 0.6 is 31.9 Å². The van der Waals surface area contributed by atoms with Crippen LogP contribution < -0.4 is 15.0 Å². The fraction of sp³-hybridized carbons (Fsp3) is 0.250. The molecule has 0 fully saturated rings. The first kappa shape index (κ1) is 28.4. The van der Waals surface area contributed by atoms with Crippen molar-refractivity contribution in [1.82, 2.24) is 9.66 Å². The van der Waals surface area contributed by atoms with E-state index in [0.29, 0.717) is 44.9 Å². The fourth-order valence-electron chi connectivity index (χ4n) is 3.84. The molecule has 0 saturated carbocycles. The monoisotopic (exact) mass is 656 g/mol. The molecule has 0 aliphatic heterocycles. The highest BCUT2D eigenvalue weighted by molar-refractivity contribution is 9.10. The number of rotatable bonds is 10. The lowest BCUT2D eigenvalue weighted by Gasteiger charge is -2.15. The number of nitro groups is 1. The second kappa shape index (κ2) is 12.5. The first-order chi connectivity index (χ1) is 18.7. The maximum atomic E-state index is 13.4. The second-order valence-electron chi connectivity index (χ2n) is 8.78. The lowest BCUT2D eigenvalue weighted by Crippen LogP contribution is -2.23. The number of fused-ring (bicyclic) bond motifs is 1. The van der Waals surface area contributed by atoms with Gasteiger partial charge in [0.05, 0.1) is 33.1 Å². The van der Waals surface area contributed by atoms with Gasteiger partial charge in [-0.15, -0.1) is 0 Å². The summed E-state index contributed by atoms with van der Waals surface area (Å²) in [6.45, 7) is 6.51. The highest BCUT2D eigenvalue weighted by Gasteiger charge is 2.17. The third-order valence-electron chi connectivity index (χ3n) is 6.07. The Morgan fingerprint density at radius 1 is 1.10 bits per heavy atom. The Hall–Kier alpha value is -3.57. The number of hydrogen-bond acceptors (Lipinski definition) is 7. The predicted octanol–water partition coefficient (Wildman–Crippen LogP) is 7.20. The Morgan fingerprint density at radius 3 is 2.51 bits per heavy atom. The van der Waals surface area contributed by atoms with Gasteiger partial charge in [0, 0.05) is 22.5 Å². The van der Waals surface area contributed by atoms with Crippen molar-refractivity contribution < 1.29 is 14.4 Å². The molecule has 0 amide bonds. The van der Waals surface area contributed by atoms with Gasteiger partial charge in [-0.25, -0.2) is 4.98 Å². The normalized spacial score (nSPS) is 12.1. The van der Waals surface area contributed by atoms with Gasteiger partial charge in [0.15, 0.2) is 11.5 Å². The molecule has 3 aromatic carbocycles. The van der Waals surface area contributed by atoms with Gasteiger partial charge in [-0.2, -0.15) is 9.78 Å². The Balaban J connectivity index is 1.67. The maximum Gasteiger partial charge on any atom is 0.282 e. The van der Waals surface area contributed by atoms with Crippen LogP contribution in [0, 0.1) is 10.1 Å². The average molecular weight is 658 g/mol. The van der Waals surface area contributed by atoms with Gasteiger partial charge >= 0.3 is 0 Å². The van der Waals surface area contributed by atoms with Crippen molar-refractivity contribution in [3.63, 3.8) is 0 Å². The van der Waals surface area contributed by atoms with Crippen molar-refractivity contribution in [2.75, 3.05) is 6.61 Å². The highest BCUT2D eigenvalue weighted by Crippen LogP contribution is 2.37. The van der Waals surface area contributed by atoms with E-state index >= 15 is 0 Å². The van der Waals surface area contributed by atoms with E-state index in [0.717, 1.165) is 16.5 Å². The van der Waals surface area contributed by atoms with Crippen molar-refractivity contribution >= 4 is 54.7 Å². The molecule has 0 spiro atoms. The second-order valence-corrected chi connectivity index (χ2v) is 10.5. The van der Waals surface area contributed by atoms with Gasteiger partial charge in [-0.3, -0.25) is 14.9 Å². The molecule has 0 aliphatic carbocycles. The van der Waals surface area contributed by atoms with E-state index in [1.165, 1.54) is 16.8 Å². The van der Waals surface area contributed by atoms with Crippen LogP contribution in [-0.4, -0.2) is 27.4 Å². The summed E-state index contributed by atoms with van der Waals surface area (Å²) in [5, 5.41) is 15.9. The van der Waals surface area contributed by atoms with Crippen molar-refractivity contribution in [3.8, 4) is 11.5 Å². The van der Waals surface area contributed by atoms with Crippen molar-refractivity contribution in [3.05, 3.63) is 101 Å². The maximum absolute atomic E-state index is 13.4. The molecule has 0 bridgehead atoms. The molecule has 9 nitrogen and oxygen atoms in total. The molecule has 0 saturated heterocycles. The first-order valence-corrected chi connectivity index (χ1v) is 13.9. The zero-order valence-corrected chi connectivity index (χ0v) is 24.7. The summed E-state index contributed by atoms with van der Waals surface area (Å²) in [6.07, 6.45) is 2.39. The Labute approximate surface area is 241 Å². The molecule has 11 heteroatoms. The largest absolute Gasteiger partial charge is 0.490 e. The minimum absolute atomic E-state index is 0.0171. The summed E-state index contributed by atoms with van der Waals surface area (Å²) < 4.78 is 14.6. The number of aromatic nitrogens is 2. The number of benzene rings is 3. The van der Waals surface area contributed by atoms with Gasteiger partial charge in [0.2, 0.25) is 0 Å². The van der Waals surface area contributed by atoms with E-state index < -0.39 is 4.92 Å². The summed E-state index contributed by atoms with van der Waals surface area (Å²) in [5.74, 6) is 1.58. The van der Waals surface area contributed by atoms with E-state index in [9.17, 15) is 14.9 Å². The van der Waals surface area contributed by atoms with E-state index in [4.69, 9.17) is 14.5 Å². The predicted molar refractivity (Wildman–Crippen MR) is 158 cm³/mol. The van der Waals surface area contributed by atoms with E-state index in [1.807, 2.05) is 39.0 Å². The first-order valence-electron chi connectivity index (χ1n) is 12.3. The number of nitrogens with zero attached hydrogens (tertiary/aromatic N) is 4. The minimum atomic E-state index is -0.443. The summed E-state index contributed by atoms with van der Waals surface area (Å²) in [7, 11) is 0. The molecule has 1 atom stereocenters. The molecule has 0 N–H and O–H groups in total. The quantitative estimate of drug-likeness (QED) is 0.101. The van der Waals surface area contributed by atoms with Crippen LogP contribution in [0.3, 0.4) is 0 Å². The number of non-ortho nitro benzene ring substituents is 1. The standard InChI is InChI=1S/C28H26Br2N4O5/c1-4-17(3)27-32-24-11-8-20(29)14-22(24)28(35)33(27)31-15-19-12-23(30)26(25(13-19)38-5-2)39-16-18-6-9-21(10-7-18)34(36)37/h6-15,17H,4-5,16H2,1-3H3/t17-/m0/s1. The lowest BCUT2D eigenvalue weighted by atomic mass is 10.1. The summed E-state index contributed by atoms with van der Waals surface area (Å²) >= 11 is 6.99. The number of ether oxygens (including phenoxy) is 2. The molecular weight excluding hydrogens is 632 g/mol. The lowest BCUT2D eigenvalue weighted by molar-refractivity contribution is -0.384. The Bertz CT molecular complexity index is 1600. The topological polar surface area (TPSA) is 109 Å². The highest BCUT2D eigenvalue weighted by atomic mass is 79.9. The molecule has 202 valence electrons. The van der Waals surface area contributed by atoms with Crippen LogP contribution in [0.25, 0.3) is 10.9 Å². The molecule has 0 unspecified atom stereocenters. The van der Waals surface area contributed by atoms with Gasteiger partial charge in [-0.1, -0.05) is 29.8 Å². The van der Waals surface area contributed by atoms with Crippen LogP contribution in [0.15, 0.2) is 73.4 Å². The van der Waals surface area contributed by atoms with Crippen LogP contribution in [-0.2, 0) is 6.61 Å². The smallest absolute Gasteiger partial charge is 0.282 e. The molecular formula is C28H26Br2N4O5. The van der Waals surface area contributed by atoms with Crippen LogP contribution in [0.4, 0.5) is 5.69 Å². The molecule has 39 heavy (non-hydrogen) atoms. The Morgan fingerprint density at radius 2 is 1.85 bits per heavy atom. The van der Waals surface area contributed by atoms with Crippen molar-refractivity contribution in [1.29, 1.82) is 0 Å². The Kier molecular flexibility index (Phi) is 9.13. The van der Waals surface area contributed by atoms with Crippen LogP contribution in [0.5, 0.6) is 11.5 Å².